The van der Waals surface area contributed by atoms with Gasteiger partial charge in [-0.3, -0.25) is 4.79 Å². The highest BCUT2D eigenvalue weighted by atomic mass is 79.9. The lowest BCUT2D eigenvalue weighted by atomic mass is 9.64. The molecule has 1 aromatic rings. The zero-order valence-electron chi connectivity index (χ0n) is 18.1. The third kappa shape index (κ3) is 5.18. The molecule has 28 heavy (non-hydrogen) atoms. The molecule has 0 bridgehead atoms. The monoisotopic (exact) mass is 449 g/mol. The number of halogens is 1. The standard InChI is InChI=1S/C24H36BrNO2/c1-16(2)12-22(27)26-24(5)15-23(4,14-18-7-9-19(25)10-8-18)28-21-13-17(3)6-11-20(21)24/h7-10,16-17,20-21H,6,11-15H2,1-5H3,(H,26,27)/t17-,20-,21-,23+,24-/m1/s1. The molecule has 3 rings (SSSR count). The predicted octanol–water partition coefficient (Wildman–Crippen LogP) is 5.90. The van der Waals surface area contributed by atoms with E-state index in [2.05, 4.69) is 80.1 Å². The molecule has 1 amide bonds. The van der Waals surface area contributed by atoms with Crippen LogP contribution in [0.4, 0.5) is 0 Å². The Morgan fingerprint density at radius 3 is 2.57 bits per heavy atom. The number of fused-ring (bicyclic) bond motifs is 1. The SMILES string of the molecule is CC(C)CC(=O)N[C@]1(C)C[C@](C)(Cc2ccc(Br)cc2)O[C@@H]2C[C@H](C)CC[C@H]21. The quantitative estimate of drug-likeness (QED) is 0.607. The molecule has 0 spiro atoms. The molecule has 1 saturated carbocycles. The van der Waals surface area contributed by atoms with Crippen molar-refractivity contribution >= 4 is 21.8 Å². The number of carbonyl (C=O) groups is 1. The molecule has 2 aliphatic rings. The van der Waals surface area contributed by atoms with Crippen molar-refractivity contribution in [3.05, 3.63) is 34.3 Å². The van der Waals surface area contributed by atoms with Crippen molar-refractivity contribution in [2.24, 2.45) is 17.8 Å². The maximum Gasteiger partial charge on any atom is 0.220 e. The van der Waals surface area contributed by atoms with Gasteiger partial charge in [0, 0.05) is 28.8 Å². The molecule has 0 unspecified atom stereocenters. The van der Waals surface area contributed by atoms with Crippen LogP contribution in [0.15, 0.2) is 28.7 Å². The molecule has 1 aromatic carbocycles. The first-order chi connectivity index (χ1) is 13.1. The zero-order valence-corrected chi connectivity index (χ0v) is 19.6. The van der Waals surface area contributed by atoms with Crippen LogP contribution in [0.3, 0.4) is 0 Å². The van der Waals surface area contributed by atoms with Gasteiger partial charge in [-0.2, -0.15) is 0 Å². The van der Waals surface area contributed by atoms with Gasteiger partial charge in [-0.05, 0) is 62.6 Å². The molecule has 2 fully saturated rings. The van der Waals surface area contributed by atoms with Crippen LogP contribution in [0.25, 0.3) is 0 Å². The van der Waals surface area contributed by atoms with Crippen molar-refractivity contribution in [1.29, 1.82) is 0 Å². The van der Waals surface area contributed by atoms with Crippen LogP contribution in [-0.2, 0) is 16.0 Å². The number of rotatable bonds is 5. The second kappa shape index (κ2) is 8.47. The number of nitrogens with one attached hydrogen (secondary N) is 1. The first kappa shape index (κ1) is 21.8. The van der Waals surface area contributed by atoms with Gasteiger partial charge in [-0.1, -0.05) is 55.3 Å². The lowest BCUT2D eigenvalue weighted by Gasteiger charge is -2.56. The predicted molar refractivity (Wildman–Crippen MR) is 118 cm³/mol. The maximum absolute atomic E-state index is 12.7. The van der Waals surface area contributed by atoms with Gasteiger partial charge in [0.2, 0.25) is 5.91 Å². The van der Waals surface area contributed by atoms with Gasteiger partial charge < -0.3 is 10.1 Å². The molecular weight excluding hydrogens is 414 g/mol. The second-order valence-corrected chi connectivity index (χ2v) is 11.1. The van der Waals surface area contributed by atoms with Crippen LogP contribution < -0.4 is 5.32 Å². The fourth-order valence-electron chi connectivity index (χ4n) is 5.52. The smallest absolute Gasteiger partial charge is 0.220 e. The lowest BCUT2D eigenvalue weighted by molar-refractivity contribution is -0.193. The normalized spacial score (nSPS) is 35.5. The average Bonchev–Trinajstić information content (AvgIpc) is 2.54. The summed E-state index contributed by atoms with van der Waals surface area (Å²) in [6.45, 7) is 11.0. The largest absolute Gasteiger partial charge is 0.371 e. The summed E-state index contributed by atoms with van der Waals surface area (Å²) in [5, 5.41) is 3.46. The van der Waals surface area contributed by atoms with Gasteiger partial charge in [0.25, 0.3) is 0 Å². The lowest BCUT2D eigenvalue weighted by Crippen LogP contribution is -2.65. The molecule has 156 valence electrons. The minimum atomic E-state index is -0.272. The van der Waals surface area contributed by atoms with Gasteiger partial charge in [0.1, 0.15) is 0 Å². The van der Waals surface area contributed by atoms with Crippen LogP contribution in [0.5, 0.6) is 0 Å². The second-order valence-electron chi connectivity index (χ2n) is 10.2. The Bertz CT molecular complexity index is 688. The molecular formula is C24H36BrNO2. The highest BCUT2D eigenvalue weighted by molar-refractivity contribution is 9.10. The molecule has 0 radical (unpaired) electrons. The average molecular weight is 450 g/mol. The Balaban J connectivity index is 1.84. The van der Waals surface area contributed by atoms with Crippen LogP contribution >= 0.6 is 15.9 Å². The van der Waals surface area contributed by atoms with Crippen molar-refractivity contribution in [3.8, 4) is 0 Å². The molecule has 1 aliphatic heterocycles. The summed E-state index contributed by atoms with van der Waals surface area (Å²) >= 11 is 3.52. The molecule has 1 N–H and O–H groups in total. The highest BCUT2D eigenvalue weighted by Gasteiger charge is 2.53. The van der Waals surface area contributed by atoms with Crippen LogP contribution in [0.2, 0.25) is 0 Å². The fraction of sp³-hybridized carbons (Fsp3) is 0.708. The number of hydrogen-bond donors (Lipinski definition) is 1. The zero-order chi connectivity index (χ0) is 20.5. The van der Waals surface area contributed by atoms with Crippen LogP contribution in [0.1, 0.15) is 72.3 Å². The first-order valence-corrected chi connectivity index (χ1v) is 11.6. The van der Waals surface area contributed by atoms with Crippen LogP contribution in [0, 0.1) is 17.8 Å². The molecule has 4 heteroatoms. The van der Waals surface area contributed by atoms with E-state index in [-0.39, 0.29) is 23.2 Å². The summed E-state index contributed by atoms with van der Waals surface area (Å²) in [7, 11) is 0. The van der Waals surface area contributed by atoms with Crippen molar-refractivity contribution in [2.45, 2.75) is 90.4 Å². The number of ether oxygens (including phenoxy) is 1. The van der Waals surface area contributed by atoms with E-state index in [1.165, 1.54) is 12.0 Å². The number of benzene rings is 1. The van der Waals surface area contributed by atoms with E-state index in [1.54, 1.807) is 0 Å². The van der Waals surface area contributed by atoms with Crippen LogP contribution in [-0.4, -0.2) is 23.2 Å². The molecule has 5 atom stereocenters. The Kier molecular flexibility index (Phi) is 6.61. The summed E-state index contributed by atoms with van der Waals surface area (Å²) in [4.78, 5) is 12.7. The fourth-order valence-corrected chi connectivity index (χ4v) is 5.78. The Morgan fingerprint density at radius 1 is 1.25 bits per heavy atom. The molecule has 1 saturated heterocycles. The Labute approximate surface area is 179 Å². The van der Waals surface area contributed by atoms with Gasteiger partial charge in [-0.25, -0.2) is 0 Å². The molecule has 3 nitrogen and oxygen atoms in total. The molecule has 0 aromatic heterocycles. The van der Waals surface area contributed by atoms with Crippen molar-refractivity contribution in [1.82, 2.24) is 5.32 Å². The van der Waals surface area contributed by atoms with Crippen molar-refractivity contribution in [2.75, 3.05) is 0 Å². The summed E-state index contributed by atoms with van der Waals surface area (Å²) in [6, 6.07) is 8.53. The van der Waals surface area contributed by atoms with E-state index >= 15 is 0 Å². The third-order valence-electron chi connectivity index (χ3n) is 6.56. The minimum Gasteiger partial charge on any atom is -0.371 e. The van der Waals surface area contributed by atoms with E-state index in [0.29, 0.717) is 24.2 Å². The number of amides is 1. The van der Waals surface area contributed by atoms with Gasteiger partial charge in [0.05, 0.1) is 11.7 Å². The number of carbonyl (C=O) groups excluding carboxylic acids is 1. The van der Waals surface area contributed by atoms with E-state index in [9.17, 15) is 4.79 Å². The first-order valence-electron chi connectivity index (χ1n) is 10.8. The summed E-state index contributed by atoms with van der Waals surface area (Å²) in [5.41, 5.74) is 0.800. The van der Waals surface area contributed by atoms with E-state index < -0.39 is 0 Å². The van der Waals surface area contributed by atoms with Crippen molar-refractivity contribution in [3.63, 3.8) is 0 Å². The topological polar surface area (TPSA) is 38.3 Å². The number of hydrogen-bond acceptors (Lipinski definition) is 2. The third-order valence-corrected chi connectivity index (χ3v) is 7.09. The Hall–Kier alpha value is -0.870. The maximum atomic E-state index is 12.7. The Morgan fingerprint density at radius 2 is 1.93 bits per heavy atom. The van der Waals surface area contributed by atoms with Crippen molar-refractivity contribution < 1.29 is 9.53 Å². The highest BCUT2D eigenvalue weighted by Crippen LogP contribution is 2.48. The van der Waals surface area contributed by atoms with E-state index in [0.717, 1.165) is 30.2 Å². The van der Waals surface area contributed by atoms with Gasteiger partial charge >= 0.3 is 0 Å². The van der Waals surface area contributed by atoms with Gasteiger partial charge in [0.15, 0.2) is 0 Å². The molecule has 1 aliphatic carbocycles. The summed E-state index contributed by atoms with van der Waals surface area (Å²) < 4.78 is 7.87. The van der Waals surface area contributed by atoms with E-state index in [4.69, 9.17) is 4.74 Å². The van der Waals surface area contributed by atoms with Gasteiger partial charge in [-0.15, -0.1) is 0 Å². The van der Waals surface area contributed by atoms with E-state index in [1.807, 2.05) is 0 Å². The summed E-state index contributed by atoms with van der Waals surface area (Å²) in [6.07, 6.45) is 6.00. The minimum absolute atomic E-state index is 0.183. The molecule has 1 heterocycles. The summed E-state index contributed by atoms with van der Waals surface area (Å²) in [5.74, 6) is 1.65.